The zero-order valence-electron chi connectivity index (χ0n) is 7.64. The smallest absolute Gasteiger partial charge is 0.136 e. The molecule has 1 saturated carbocycles. The first-order chi connectivity index (χ1) is 6.46. The van der Waals surface area contributed by atoms with Crippen molar-refractivity contribution in [3.05, 3.63) is 27.5 Å². The van der Waals surface area contributed by atoms with E-state index in [9.17, 15) is 14.6 Å². The Morgan fingerprint density at radius 2 is 2.07 bits per heavy atom. The highest BCUT2D eigenvalue weighted by atomic mass is 79.9. The molecule has 2 nitrogen and oxygen atoms in total. The molecule has 0 heterocycles. The third-order valence-electron chi connectivity index (χ3n) is 2.64. The number of rotatable bonds is 1. The van der Waals surface area contributed by atoms with E-state index in [0.717, 1.165) is 0 Å². The van der Waals surface area contributed by atoms with E-state index < -0.39 is 11.4 Å². The van der Waals surface area contributed by atoms with Crippen molar-refractivity contribution in [2.45, 2.75) is 25.4 Å². The van der Waals surface area contributed by atoms with E-state index in [1.807, 2.05) is 0 Å². The summed E-state index contributed by atoms with van der Waals surface area (Å²) in [6, 6.07) is 1.21. The Morgan fingerprint density at radius 3 is 2.57 bits per heavy atom. The maximum Gasteiger partial charge on any atom is 0.136 e. The van der Waals surface area contributed by atoms with Crippen LogP contribution in [0.5, 0.6) is 5.75 Å². The maximum atomic E-state index is 13.3. The molecule has 0 spiro atoms. The van der Waals surface area contributed by atoms with Gasteiger partial charge in [-0.3, -0.25) is 0 Å². The number of halogens is 2. The van der Waals surface area contributed by atoms with E-state index >= 15 is 0 Å². The molecule has 0 saturated heterocycles. The predicted molar refractivity (Wildman–Crippen MR) is 53.6 cm³/mol. The highest BCUT2D eigenvalue weighted by molar-refractivity contribution is 9.10. The fraction of sp³-hybridized carbons (Fsp3) is 0.400. The number of phenols is 1. The van der Waals surface area contributed by atoms with Gasteiger partial charge in [0.05, 0.1) is 10.1 Å². The molecule has 1 aromatic carbocycles. The number of aliphatic hydroxyl groups is 1. The van der Waals surface area contributed by atoms with Crippen molar-refractivity contribution in [1.82, 2.24) is 0 Å². The van der Waals surface area contributed by atoms with Crippen LogP contribution in [-0.2, 0) is 5.60 Å². The fourth-order valence-electron chi connectivity index (χ4n) is 1.64. The van der Waals surface area contributed by atoms with Crippen LogP contribution >= 0.6 is 15.9 Å². The lowest BCUT2D eigenvalue weighted by atomic mass is 10.00. The zero-order valence-corrected chi connectivity index (χ0v) is 9.23. The molecule has 0 aromatic heterocycles. The van der Waals surface area contributed by atoms with Gasteiger partial charge in [-0.2, -0.15) is 0 Å². The summed E-state index contributed by atoms with van der Waals surface area (Å²) in [5, 5.41) is 19.6. The normalized spacial score (nSPS) is 18.3. The standard InChI is InChI=1S/C10H10BrFO2/c1-5-7(12)4-6(11)9(13)8(5)10(14)2-3-10/h4,13-14H,2-3H2,1H3. The number of phenolic OH excluding ortho intramolecular Hbond substituents is 1. The molecular weight excluding hydrogens is 251 g/mol. The summed E-state index contributed by atoms with van der Waals surface area (Å²) in [7, 11) is 0. The highest BCUT2D eigenvalue weighted by Gasteiger charge is 2.46. The van der Waals surface area contributed by atoms with Crippen molar-refractivity contribution < 1.29 is 14.6 Å². The summed E-state index contributed by atoms with van der Waals surface area (Å²) in [6.45, 7) is 1.56. The molecule has 1 aliphatic carbocycles. The monoisotopic (exact) mass is 260 g/mol. The van der Waals surface area contributed by atoms with Crippen LogP contribution in [0.2, 0.25) is 0 Å². The van der Waals surface area contributed by atoms with Crippen LogP contribution in [0.25, 0.3) is 0 Å². The summed E-state index contributed by atoms with van der Waals surface area (Å²) in [4.78, 5) is 0. The van der Waals surface area contributed by atoms with Gasteiger partial charge in [0.2, 0.25) is 0 Å². The summed E-state index contributed by atoms with van der Waals surface area (Å²) in [5.74, 6) is -0.464. The van der Waals surface area contributed by atoms with Gasteiger partial charge < -0.3 is 10.2 Å². The molecule has 2 rings (SSSR count). The molecule has 14 heavy (non-hydrogen) atoms. The Balaban J connectivity index is 2.68. The van der Waals surface area contributed by atoms with Crippen LogP contribution < -0.4 is 0 Å². The fourth-order valence-corrected chi connectivity index (χ4v) is 2.04. The predicted octanol–water partition coefficient (Wildman–Crippen LogP) is 2.58. The van der Waals surface area contributed by atoms with Crippen LogP contribution in [0.1, 0.15) is 24.0 Å². The molecule has 0 aliphatic heterocycles. The van der Waals surface area contributed by atoms with Gasteiger partial charge in [-0.05, 0) is 47.3 Å². The van der Waals surface area contributed by atoms with Gasteiger partial charge in [0.25, 0.3) is 0 Å². The SMILES string of the molecule is Cc1c(F)cc(Br)c(O)c1C1(O)CC1. The number of hydrogen-bond donors (Lipinski definition) is 2. The van der Waals surface area contributed by atoms with E-state index in [4.69, 9.17) is 0 Å². The van der Waals surface area contributed by atoms with Crippen LogP contribution in [-0.4, -0.2) is 10.2 Å². The molecule has 4 heteroatoms. The Labute approximate surface area is 89.5 Å². The minimum atomic E-state index is -1.02. The summed E-state index contributed by atoms with van der Waals surface area (Å²) in [5.41, 5.74) is -0.367. The maximum absolute atomic E-state index is 13.3. The Bertz CT molecular complexity index is 373. The average molecular weight is 261 g/mol. The molecule has 0 unspecified atom stereocenters. The van der Waals surface area contributed by atoms with Crippen LogP contribution in [0.15, 0.2) is 10.5 Å². The van der Waals surface area contributed by atoms with E-state index in [-0.39, 0.29) is 10.2 Å². The van der Waals surface area contributed by atoms with Crippen molar-refractivity contribution in [1.29, 1.82) is 0 Å². The Hall–Kier alpha value is -0.610. The lowest BCUT2D eigenvalue weighted by molar-refractivity contribution is 0.146. The molecular formula is C10H10BrFO2. The van der Waals surface area contributed by atoms with Crippen LogP contribution in [0.4, 0.5) is 4.39 Å². The van der Waals surface area contributed by atoms with Crippen LogP contribution in [0.3, 0.4) is 0 Å². The van der Waals surface area contributed by atoms with Crippen LogP contribution in [0, 0.1) is 12.7 Å². The average Bonchev–Trinajstić information content (AvgIpc) is 2.81. The molecule has 1 fully saturated rings. The molecule has 0 amide bonds. The third kappa shape index (κ3) is 1.33. The molecule has 0 bridgehead atoms. The second kappa shape index (κ2) is 2.94. The number of aromatic hydroxyl groups is 1. The summed E-state index contributed by atoms with van der Waals surface area (Å²) < 4.78 is 13.6. The van der Waals surface area contributed by atoms with Gasteiger partial charge in [-0.15, -0.1) is 0 Å². The third-order valence-corrected chi connectivity index (χ3v) is 3.24. The second-order valence-corrected chi connectivity index (χ2v) is 4.57. The first-order valence-corrected chi connectivity index (χ1v) is 5.15. The van der Waals surface area contributed by atoms with E-state index in [1.165, 1.54) is 6.07 Å². The highest BCUT2D eigenvalue weighted by Crippen LogP contribution is 2.51. The zero-order chi connectivity index (χ0) is 10.5. The first kappa shape index (κ1) is 9.93. The van der Waals surface area contributed by atoms with Crippen molar-refractivity contribution in [2.24, 2.45) is 0 Å². The van der Waals surface area contributed by atoms with Crippen molar-refractivity contribution in [2.75, 3.05) is 0 Å². The summed E-state index contributed by atoms with van der Waals surface area (Å²) >= 11 is 3.05. The number of benzene rings is 1. The minimum Gasteiger partial charge on any atom is -0.506 e. The van der Waals surface area contributed by atoms with Gasteiger partial charge in [0, 0.05) is 5.56 Å². The van der Waals surface area contributed by atoms with Crippen molar-refractivity contribution >= 4 is 15.9 Å². The van der Waals surface area contributed by atoms with Gasteiger partial charge >= 0.3 is 0 Å². The minimum absolute atomic E-state index is 0.0519. The molecule has 2 N–H and O–H groups in total. The quantitative estimate of drug-likeness (QED) is 0.815. The van der Waals surface area contributed by atoms with Gasteiger partial charge in [-0.25, -0.2) is 4.39 Å². The molecule has 0 radical (unpaired) electrons. The largest absolute Gasteiger partial charge is 0.506 e. The van der Waals surface area contributed by atoms with Gasteiger partial charge in [0.15, 0.2) is 0 Å². The Morgan fingerprint density at radius 1 is 1.50 bits per heavy atom. The molecule has 1 aromatic rings. The number of hydrogen-bond acceptors (Lipinski definition) is 2. The van der Waals surface area contributed by atoms with E-state index in [1.54, 1.807) is 6.92 Å². The first-order valence-electron chi connectivity index (χ1n) is 4.36. The lowest BCUT2D eigenvalue weighted by Gasteiger charge is -2.15. The topological polar surface area (TPSA) is 40.5 Å². The van der Waals surface area contributed by atoms with E-state index in [2.05, 4.69) is 15.9 Å². The van der Waals surface area contributed by atoms with Gasteiger partial charge in [0.1, 0.15) is 11.6 Å². The lowest BCUT2D eigenvalue weighted by Crippen LogP contribution is -2.08. The van der Waals surface area contributed by atoms with Crippen molar-refractivity contribution in [3.63, 3.8) is 0 Å². The van der Waals surface area contributed by atoms with Gasteiger partial charge in [-0.1, -0.05) is 0 Å². The molecule has 0 atom stereocenters. The van der Waals surface area contributed by atoms with Crippen molar-refractivity contribution in [3.8, 4) is 5.75 Å². The molecule has 1 aliphatic rings. The van der Waals surface area contributed by atoms with E-state index in [0.29, 0.717) is 24.0 Å². The second-order valence-electron chi connectivity index (χ2n) is 3.72. The Kier molecular flexibility index (Phi) is 2.08. The summed E-state index contributed by atoms with van der Waals surface area (Å²) in [6.07, 6.45) is 1.16. The molecule has 76 valence electrons.